The van der Waals surface area contributed by atoms with E-state index in [1.807, 2.05) is 79.7 Å². The molecule has 4 aromatic rings. The Morgan fingerprint density at radius 1 is 1.00 bits per heavy atom. The molecule has 1 heterocycles. The third-order valence-electron chi connectivity index (χ3n) is 5.55. The number of ether oxygens (including phenoxy) is 2. The predicted octanol–water partition coefficient (Wildman–Crippen LogP) is 5.62. The van der Waals surface area contributed by atoms with Gasteiger partial charge in [0.2, 0.25) is 0 Å². The molecule has 0 aliphatic rings. The van der Waals surface area contributed by atoms with Crippen molar-refractivity contribution in [1.29, 1.82) is 5.41 Å². The van der Waals surface area contributed by atoms with Gasteiger partial charge in [-0.25, -0.2) is 0 Å². The lowest BCUT2D eigenvalue weighted by molar-refractivity contribution is -0.137. The minimum Gasteiger partial charge on any atom is -0.489 e. The summed E-state index contributed by atoms with van der Waals surface area (Å²) in [4.78, 5) is 11.3. The van der Waals surface area contributed by atoms with Crippen LogP contribution in [0.5, 0.6) is 11.5 Å². The van der Waals surface area contributed by atoms with Crippen molar-refractivity contribution in [2.24, 2.45) is 0 Å². The largest absolute Gasteiger partial charge is 0.489 e. The van der Waals surface area contributed by atoms with Crippen LogP contribution in [-0.2, 0) is 11.4 Å². The van der Waals surface area contributed by atoms with Crippen LogP contribution in [0.3, 0.4) is 0 Å². The maximum atomic E-state index is 11.3. The standard InChI is InChI=1S/C28H26N2O5/c1-19-3-2-4-22(15-19)26(29)18-34-23-9-5-20(6-10-23)17-33-24-11-7-21(8-12-24)25(16-28(31)32)27-13-14-35-30-27/h2-15,25,29H,16-18H2,1H3,(H,31,32). The number of carbonyl (C=O) groups is 1. The molecule has 0 aliphatic heterocycles. The highest BCUT2D eigenvalue weighted by Gasteiger charge is 2.20. The average molecular weight is 471 g/mol. The van der Waals surface area contributed by atoms with Crippen molar-refractivity contribution >= 4 is 11.7 Å². The molecule has 3 aromatic carbocycles. The lowest BCUT2D eigenvalue weighted by Crippen LogP contribution is -2.11. The minimum absolute atomic E-state index is 0.0778. The van der Waals surface area contributed by atoms with Crippen LogP contribution in [0, 0.1) is 12.3 Å². The number of rotatable bonds is 11. The highest BCUT2D eigenvalue weighted by molar-refractivity contribution is 5.99. The number of hydrogen-bond acceptors (Lipinski definition) is 6. The fraction of sp³-hybridized carbons (Fsp3) is 0.179. The summed E-state index contributed by atoms with van der Waals surface area (Å²) in [5.74, 6) is 0.0701. The zero-order valence-electron chi connectivity index (χ0n) is 19.3. The van der Waals surface area contributed by atoms with E-state index in [9.17, 15) is 9.90 Å². The summed E-state index contributed by atoms with van der Waals surface area (Å²) in [6.07, 6.45) is 1.36. The van der Waals surface area contributed by atoms with Gasteiger partial charge in [0.1, 0.15) is 31.0 Å². The van der Waals surface area contributed by atoms with Gasteiger partial charge in [0.25, 0.3) is 0 Å². The molecule has 0 saturated heterocycles. The van der Waals surface area contributed by atoms with E-state index >= 15 is 0 Å². The first kappa shape index (κ1) is 23.8. The van der Waals surface area contributed by atoms with Crippen LogP contribution in [0.4, 0.5) is 0 Å². The average Bonchev–Trinajstić information content (AvgIpc) is 3.40. The van der Waals surface area contributed by atoms with E-state index in [-0.39, 0.29) is 18.9 Å². The number of aliphatic carboxylic acids is 1. The summed E-state index contributed by atoms with van der Waals surface area (Å²) in [6.45, 7) is 2.57. The molecule has 35 heavy (non-hydrogen) atoms. The van der Waals surface area contributed by atoms with E-state index in [1.165, 1.54) is 6.26 Å². The Bertz CT molecular complexity index is 1270. The fourth-order valence-electron chi connectivity index (χ4n) is 3.69. The molecule has 1 atom stereocenters. The maximum Gasteiger partial charge on any atom is 0.304 e. The molecule has 1 aromatic heterocycles. The summed E-state index contributed by atoms with van der Waals surface area (Å²) in [5, 5.41) is 21.4. The number of aryl methyl sites for hydroxylation is 1. The van der Waals surface area contributed by atoms with Crippen LogP contribution in [0.1, 0.15) is 40.3 Å². The van der Waals surface area contributed by atoms with Crippen LogP contribution >= 0.6 is 0 Å². The molecular formula is C28H26N2O5. The topological polar surface area (TPSA) is 106 Å². The van der Waals surface area contributed by atoms with Crippen LogP contribution in [0.15, 0.2) is 89.6 Å². The van der Waals surface area contributed by atoms with Gasteiger partial charge in [0.15, 0.2) is 0 Å². The fourth-order valence-corrected chi connectivity index (χ4v) is 3.69. The van der Waals surface area contributed by atoms with Gasteiger partial charge < -0.3 is 24.5 Å². The van der Waals surface area contributed by atoms with E-state index < -0.39 is 5.97 Å². The van der Waals surface area contributed by atoms with Crippen LogP contribution in [0.25, 0.3) is 0 Å². The molecule has 0 radical (unpaired) electrons. The molecule has 7 nitrogen and oxygen atoms in total. The van der Waals surface area contributed by atoms with E-state index in [0.29, 0.717) is 29.5 Å². The summed E-state index contributed by atoms with van der Waals surface area (Å²) in [7, 11) is 0. The summed E-state index contributed by atoms with van der Waals surface area (Å²) >= 11 is 0. The van der Waals surface area contributed by atoms with Gasteiger partial charge in [-0.05, 0) is 47.9 Å². The summed E-state index contributed by atoms with van der Waals surface area (Å²) in [6, 6.07) is 24.4. The van der Waals surface area contributed by atoms with Gasteiger partial charge in [-0.2, -0.15) is 0 Å². The molecular weight excluding hydrogens is 444 g/mol. The zero-order chi connectivity index (χ0) is 24.6. The Labute approximate surface area is 203 Å². The first-order valence-corrected chi connectivity index (χ1v) is 11.2. The zero-order valence-corrected chi connectivity index (χ0v) is 19.3. The molecule has 0 amide bonds. The molecule has 0 spiro atoms. The SMILES string of the molecule is Cc1cccc(C(=N)COc2ccc(COc3ccc(C(CC(=O)O)c4ccon4)cc3)cc2)c1. The monoisotopic (exact) mass is 470 g/mol. The number of carboxylic acids is 1. The Hall–Kier alpha value is -4.39. The quantitative estimate of drug-likeness (QED) is 0.276. The van der Waals surface area contributed by atoms with Crippen molar-refractivity contribution in [2.45, 2.75) is 25.9 Å². The van der Waals surface area contributed by atoms with Gasteiger partial charge in [-0.1, -0.05) is 59.3 Å². The molecule has 4 rings (SSSR count). The molecule has 0 saturated carbocycles. The van der Waals surface area contributed by atoms with Crippen molar-refractivity contribution < 1.29 is 23.9 Å². The van der Waals surface area contributed by atoms with Crippen LogP contribution in [-0.4, -0.2) is 28.6 Å². The number of hydrogen-bond donors (Lipinski definition) is 2. The molecule has 178 valence electrons. The third kappa shape index (κ3) is 6.57. The summed E-state index contributed by atoms with van der Waals surface area (Å²) < 4.78 is 16.5. The smallest absolute Gasteiger partial charge is 0.304 e. The molecule has 7 heteroatoms. The molecule has 0 fully saturated rings. The van der Waals surface area contributed by atoms with Gasteiger partial charge in [0.05, 0.1) is 17.8 Å². The second-order valence-corrected chi connectivity index (χ2v) is 8.21. The van der Waals surface area contributed by atoms with Gasteiger partial charge in [-0.15, -0.1) is 0 Å². The number of nitrogens with zero attached hydrogens (tertiary/aromatic N) is 1. The van der Waals surface area contributed by atoms with Gasteiger partial charge in [0, 0.05) is 12.0 Å². The van der Waals surface area contributed by atoms with E-state index in [1.54, 1.807) is 6.07 Å². The van der Waals surface area contributed by atoms with Crippen LogP contribution < -0.4 is 9.47 Å². The predicted molar refractivity (Wildman–Crippen MR) is 131 cm³/mol. The lowest BCUT2D eigenvalue weighted by Gasteiger charge is -2.13. The van der Waals surface area contributed by atoms with Crippen molar-refractivity contribution in [2.75, 3.05) is 6.61 Å². The first-order valence-electron chi connectivity index (χ1n) is 11.2. The highest BCUT2D eigenvalue weighted by atomic mass is 16.5. The Kier molecular flexibility index (Phi) is 7.57. The Morgan fingerprint density at radius 3 is 2.37 bits per heavy atom. The van der Waals surface area contributed by atoms with Crippen molar-refractivity contribution in [3.8, 4) is 11.5 Å². The second kappa shape index (κ2) is 11.2. The minimum atomic E-state index is -0.905. The molecule has 1 unspecified atom stereocenters. The van der Waals surface area contributed by atoms with Crippen molar-refractivity contribution in [3.63, 3.8) is 0 Å². The maximum absolute atomic E-state index is 11.3. The Morgan fingerprint density at radius 2 is 1.71 bits per heavy atom. The van der Waals surface area contributed by atoms with E-state index in [2.05, 4.69) is 5.16 Å². The normalized spacial score (nSPS) is 11.6. The van der Waals surface area contributed by atoms with Gasteiger partial charge >= 0.3 is 5.97 Å². The molecule has 0 bridgehead atoms. The number of carboxylic acid groups (broad SMARTS) is 1. The highest BCUT2D eigenvalue weighted by Crippen LogP contribution is 2.28. The lowest BCUT2D eigenvalue weighted by atomic mass is 9.92. The number of nitrogens with one attached hydrogen (secondary N) is 1. The summed E-state index contributed by atoms with van der Waals surface area (Å²) in [5.41, 5.74) is 4.78. The molecule has 2 N–H and O–H groups in total. The third-order valence-corrected chi connectivity index (χ3v) is 5.55. The first-order chi connectivity index (χ1) is 17.0. The number of aromatic nitrogens is 1. The van der Waals surface area contributed by atoms with Crippen molar-refractivity contribution in [1.82, 2.24) is 5.16 Å². The van der Waals surface area contributed by atoms with Crippen molar-refractivity contribution in [3.05, 3.63) is 113 Å². The van der Waals surface area contributed by atoms with E-state index in [0.717, 1.165) is 22.3 Å². The van der Waals surface area contributed by atoms with Gasteiger partial charge in [-0.3, -0.25) is 4.79 Å². The number of benzene rings is 3. The molecule has 0 aliphatic carbocycles. The Balaban J connectivity index is 1.30. The van der Waals surface area contributed by atoms with Crippen LogP contribution in [0.2, 0.25) is 0 Å². The second-order valence-electron chi connectivity index (χ2n) is 8.21. The van der Waals surface area contributed by atoms with E-state index in [4.69, 9.17) is 19.4 Å².